The van der Waals surface area contributed by atoms with Crippen molar-refractivity contribution in [1.82, 2.24) is 9.97 Å². The number of fused-ring (bicyclic) bond motifs is 2. The number of allylic oxidation sites excluding steroid dienone is 1. The van der Waals surface area contributed by atoms with Gasteiger partial charge in [-0.2, -0.15) is 0 Å². The Kier molecular flexibility index (Phi) is 4.43. The SMILES string of the molecule is Cc1cc(C2=NCc3cc4c(cc32)C=C(C(=O)[C@H](C)c2cccc(C)n2)C4)ccn1. The number of carbonyl (C=O) groups is 1. The number of hydrogen-bond acceptors (Lipinski definition) is 4. The molecule has 0 radical (unpaired) electrons. The highest BCUT2D eigenvalue weighted by Crippen LogP contribution is 2.34. The lowest BCUT2D eigenvalue weighted by Crippen LogP contribution is -2.13. The van der Waals surface area contributed by atoms with Crippen LogP contribution in [-0.2, 0) is 17.8 Å². The maximum Gasteiger partial charge on any atom is 0.167 e. The molecule has 148 valence electrons. The summed E-state index contributed by atoms with van der Waals surface area (Å²) in [6.07, 6.45) is 4.56. The lowest BCUT2D eigenvalue weighted by molar-refractivity contribution is -0.116. The summed E-state index contributed by atoms with van der Waals surface area (Å²) in [5.74, 6) is -0.0858. The van der Waals surface area contributed by atoms with E-state index in [9.17, 15) is 4.79 Å². The van der Waals surface area contributed by atoms with E-state index in [0.717, 1.165) is 45.1 Å². The molecule has 0 saturated carbocycles. The van der Waals surface area contributed by atoms with Gasteiger partial charge < -0.3 is 0 Å². The molecule has 1 atom stereocenters. The van der Waals surface area contributed by atoms with Crippen LogP contribution in [0.4, 0.5) is 0 Å². The number of aliphatic imine (C=N–C) groups is 1. The zero-order chi connectivity index (χ0) is 20.8. The van der Waals surface area contributed by atoms with Gasteiger partial charge in [-0.15, -0.1) is 0 Å². The van der Waals surface area contributed by atoms with E-state index in [2.05, 4.69) is 34.2 Å². The topological polar surface area (TPSA) is 55.2 Å². The standard InChI is InChI=1S/C26H23N3O/c1-15-5-4-6-24(29-15)17(3)26(30)21-10-19-12-22-14-28-25(23(22)13-20(19)11-21)18-7-8-27-16(2)9-18/h4-9,11-13,17H,10,14H2,1-3H3/t17-/m1/s1. The second-order valence-corrected chi connectivity index (χ2v) is 8.20. The normalized spacial score (nSPS) is 15.3. The summed E-state index contributed by atoms with van der Waals surface area (Å²) in [7, 11) is 0. The van der Waals surface area contributed by atoms with Crippen LogP contribution in [-0.4, -0.2) is 21.5 Å². The molecule has 1 aliphatic heterocycles. The van der Waals surface area contributed by atoms with Crippen molar-refractivity contribution < 1.29 is 4.79 Å². The van der Waals surface area contributed by atoms with Crippen LogP contribution in [0.5, 0.6) is 0 Å². The predicted molar refractivity (Wildman–Crippen MR) is 119 cm³/mol. The maximum absolute atomic E-state index is 13.2. The molecule has 0 spiro atoms. The summed E-state index contributed by atoms with van der Waals surface area (Å²) in [6.45, 7) is 6.58. The quantitative estimate of drug-likeness (QED) is 0.642. The summed E-state index contributed by atoms with van der Waals surface area (Å²) in [6, 6.07) is 14.4. The Labute approximate surface area is 176 Å². The summed E-state index contributed by atoms with van der Waals surface area (Å²) < 4.78 is 0. The molecule has 1 aliphatic carbocycles. The summed E-state index contributed by atoms with van der Waals surface area (Å²) in [4.78, 5) is 26.8. The minimum Gasteiger partial charge on any atom is -0.294 e. The maximum atomic E-state index is 13.2. The van der Waals surface area contributed by atoms with Crippen LogP contribution in [0, 0.1) is 13.8 Å². The highest BCUT2D eigenvalue weighted by Gasteiger charge is 2.27. The third-order valence-electron chi connectivity index (χ3n) is 5.97. The van der Waals surface area contributed by atoms with E-state index in [0.29, 0.717) is 13.0 Å². The van der Waals surface area contributed by atoms with E-state index in [1.165, 1.54) is 11.1 Å². The first-order valence-electron chi connectivity index (χ1n) is 10.3. The van der Waals surface area contributed by atoms with Crippen molar-refractivity contribution in [3.8, 4) is 0 Å². The molecule has 2 aromatic heterocycles. The third kappa shape index (κ3) is 3.18. The van der Waals surface area contributed by atoms with Crippen LogP contribution in [0.25, 0.3) is 6.08 Å². The van der Waals surface area contributed by atoms with Crippen molar-refractivity contribution in [2.75, 3.05) is 0 Å². The Morgan fingerprint density at radius 2 is 1.90 bits per heavy atom. The van der Waals surface area contributed by atoms with E-state index in [4.69, 9.17) is 4.99 Å². The van der Waals surface area contributed by atoms with Crippen molar-refractivity contribution in [1.29, 1.82) is 0 Å². The fraction of sp³-hybridized carbons (Fsp3) is 0.231. The number of nitrogens with zero attached hydrogens (tertiary/aromatic N) is 3. The molecule has 0 bridgehead atoms. The van der Waals surface area contributed by atoms with Gasteiger partial charge in [0.1, 0.15) is 0 Å². The number of hydrogen-bond donors (Lipinski definition) is 0. The summed E-state index contributed by atoms with van der Waals surface area (Å²) >= 11 is 0. The largest absolute Gasteiger partial charge is 0.294 e. The van der Waals surface area contributed by atoms with Gasteiger partial charge in [0.05, 0.1) is 23.9 Å². The molecule has 0 amide bonds. The molecule has 0 unspecified atom stereocenters. The van der Waals surface area contributed by atoms with Crippen molar-refractivity contribution >= 4 is 17.6 Å². The molecule has 30 heavy (non-hydrogen) atoms. The van der Waals surface area contributed by atoms with E-state index in [-0.39, 0.29) is 11.7 Å². The number of ketones is 1. The second kappa shape index (κ2) is 7.13. The molecule has 0 fully saturated rings. The van der Waals surface area contributed by atoms with Gasteiger partial charge in [0.25, 0.3) is 0 Å². The van der Waals surface area contributed by atoms with Crippen molar-refractivity contribution in [2.45, 2.75) is 39.7 Å². The molecule has 2 aliphatic rings. The zero-order valence-electron chi connectivity index (χ0n) is 17.4. The molecule has 5 rings (SSSR count). The van der Waals surface area contributed by atoms with E-state index in [1.54, 1.807) is 0 Å². The number of carbonyl (C=O) groups excluding carboxylic acids is 1. The molecule has 4 nitrogen and oxygen atoms in total. The Morgan fingerprint density at radius 3 is 2.70 bits per heavy atom. The van der Waals surface area contributed by atoms with Crippen LogP contribution in [0.15, 0.2) is 59.2 Å². The second-order valence-electron chi connectivity index (χ2n) is 8.20. The number of aromatic nitrogens is 2. The summed E-state index contributed by atoms with van der Waals surface area (Å²) in [5.41, 5.74) is 10.5. The summed E-state index contributed by atoms with van der Waals surface area (Å²) in [5, 5.41) is 0. The van der Waals surface area contributed by atoms with E-state index in [1.807, 2.05) is 51.2 Å². The average Bonchev–Trinajstić information content (AvgIpc) is 3.34. The van der Waals surface area contributed by atoms with Crippen LogP contribution >= 0.6 is 0 Å². The van der Waals surface area contributed by atoms with Gasteiger partial charge in [-0.3, -0.25) is 19.8 Å². The van der Waals surface area contributed by atoms with Gasteiger partial charge in [-0.25, -0.2) is 0 Å². The van der Waals surface area contributed by atoms with Gasteiger partial charge >= 0.3 is 0 Å². The first-order valence-corrected chi connectivity index (χ1v) is 10.3. The average molecular weight is 393 g/mol. The first-order chi connectivity index (χ1) is 14.5. The van der Waals surface area contributed by atoms with Crippen LogP contribution in [0.1, 0.15) is 57.7 Å². The Bertz CT molecular complexity index is 1250. The number of rotatable bonds is 4. The van der Waals surface area contributed by atoms with Gasteiger partial charge in [0.2, 0.25) is 0 Å². The highest BCUT2D eigenvalue weighted by molar-refractivity contribution is 6.16. The monoisotopic (exact) mass is 393 g/mol. The lowest BCUT2D eigenvalue weighted by Gasteiger charge is -2.11. The van der Waals surface area contributed by atoms with Gasteiger partial charge in [0.15, 0.2) is 5.78 Å². The lowest BCUT2D eigenvalue weighted by atomic mass is 9.94. The van der Waals surface area contributed by atoms with E-state index < -0.39 is 0 Å². The van der Waals surface area contributed by atoms with Gasteiger partial charge in [-0.1, -0.05) is 12.1 Å². The molecule has 3 heterocycles. The fourth-order valence-corrected chi connectivity index (χ4v) is 4.36. The number of benzene rings is 1. The van der Waals surface area contributed by atoms with Crippen molar-refractivity contribution in [3.05, 3.63) is 99.1 Å². The number of aryl methyl sites for hydroxylation is 2. The fourth-order valence-electron chi connectivity index (χ4n) is 4.36. The van der Waals surface area contributed by atoms with Crippen LogP contribution < -0.4 is 0 Å². The van der Waals surface area contributed by atoms with Crippen LogP contribution in [0.2, 0.25) is 0 Å². The minimum absolute atomic E-state index is 0.156. The van der Waals surface area contributed by atoms with Crippen molar-refractivity contribution in [3.63, 3.8) is 0 Å². The first kappa shape index (κ1) is 18.6. The van der Waals surface area contributed by atoms with Crippen molar-refractivity contribution in [2.24, 2.45) is 4.99 Å². The molecular formula is C26H23N3O. The molecule has 0 N–H and O–H groups in total. The molecule has 3 aromatic rings. The highest BCUT2D eigenvalue weighted by atomic mass is 16.1. The smallest absolute Gasteiger partial charge is 0.167 e. The third-order valence-corrected chi connectivity index (χ3v) is 5.97. The zero-order valence-corrected chi connectivity index (χ0v) is 17.4. The molecule has 4 heteroatoms. The minimum atomic E-state index is -0.241. The predicted octanol–water partition coefficient (Wildman–Crippen LogP) is 4.76. The van der Waals surface area contributed by atoms with Gasteiger partial charge in [0, 0.05) is 40.7 Å². The molecular weight excluding hydrogens is 370 g/mol. The Morgan fingerprint density at radius 1 is 1.03 bits per heavy atom. The Hall–Kier alpha value is -3.40. The van der Waals surface area contributed by atoms with Crippen LogP contribution in [0.3, 0.4) is 0 Å². The number of Topliss-reactive ketones (excluding diaryl/α,β-unsaturated/α-hetero) is 1. The molecule has 1 aromatic carbocycles. The Balaban J connectivity index is 1.45. The molecule has 0 saturated heterocycles. The van der Waals surface area contributed by atoms with E-state index >= 15 is 0 Å². The number of pyridine rings is 2. The van der Waals surface area contributed by atoms with Gasteiger partial charge in [-0.05, 0) is 73.9 Å².